The summed E-state index contributed by atoms with van der Waals surface area (Å²) in [6.07, 6.45) is 1.44. The molecule has 0 saturated carbocycles. The van der Waals surface area contributed by atoms with Crippen LogP contribution in [0.15, 0.2) is 16.0 Å². The third-order valence-electron chi connectivity index (χ3n) is 3.36. The minimum absolute atomic E-state index is 0.278. The third-order valence-corrected chi connectivity index (χ3v) is 3.36. The Balaban J connectivity index is 1.96. The molecule has 2 aromatic rings. The highest BCUT2D eigenvalue weighted by Gasteiger charge is 2.18. The average molecular weight is 262 g/mol. The van der Waals surface area contributed by atoms with Gasteiger partial charge in [0.2, 0.25) is 0 Å². The van der Waals surface area contributed by atoms with E-state index in [1.807, 2.05) is 0 Å². The lowest BCUT2D eigenvalue weighted by atomic mass is 10.1. The topological polar surface area (TPSA) is 98.9 Å². The first-order chi connectivity index (χ1) is 9.19. The Labute approximate surface area is 108 Å². The van der Waals surface area contributed by atoms with Crippen LogP contribution in [-0.2, 0) is 0 Å². The molecule has 0 spiro atoms. The van der Waals surface area contributed by atoms with Gasteiger partial charge < -0.3 is 10.1 Å². The molecule has 2 aromatic heterocycles. The number of hydrogen-bond donors (Lipinski definition) is 2. The van der Waals surface area contributed by atoms with Crippen molar-refractivity contribution in [1.82, 2.24) is 19.6 Å². The van der Waals surface area contributed by atoms with Crippen LogP contribution in [0.2, 0.25) is 0 Å². The molecule has 1 fully saturated rings. The molecule has 0 aromatic carbocycles. The number of anilines is 1. The molecule has 0 amide bonds. The van der Waals surface area contributed by atoms with Crippen molar-refractivity contribution in [3.05, 3.63) is 22.4 Å². The number of rotatable bonds is 1. The first kappa shape index (κ1) is 11.7. The van der Waals surface area contributed by atoms with Crippen LogP contribution >= 0.6 is 0 Å². The zero-order valence-corrected chi connectivity index (χ0v) is 10.5. The zero-order valence-electron chi connectivity index (χ0n) is 10.5. The van der Waals surface area contributed by atoms with Crippen LogP contribution in [0.1, 0.15) is 18.7 Å². The Morgan fingerprint density at radius 1 is 1.42 bits per heavy atom. The molecular formula is C11H14N6O2. The number of piperidine rings is 1. The van der Waals surface area contributed by atoms with Crippen LogP contribution in [-0.4, -0.2) is 43.6 Å². The van der Waals surface area contributed by atoms with Crippen LogP contribution < -0.4 is 10.6 Å². The van der Waals surface area contributed by atoms with Crippen molar-refractivity contribution >= 4 is 17.2 Å². The molecule has 1 aliphatic rings. The fraction of sp³-hybridized carbons (Fsp3) is 0.455. The Hall–Kier alpha value is -2.38. The van der Waals surface area contributed by atoms with Crippen LogP contribution in [0, 0.1) is 6.92 Å². The molecule has 8 heteroatoms. The Bertz CT molecular complexity index is 691. The van der Waals surface area contributed by atoms with Gasteiger partial charge in [-0.15, -0.1) is 0 Å². The van der Waals surface area contributed by atoms with Crippen LogP contribution in [0.3, 0.4) is 0 Å². The molecule has 0 unspecified atom stereocenters. The first-order valence-corrected chi connectivity index (χ1v) is 6.08. The molecule has 3 rings (SSSR count). The highest BCUT2D eigenvalue weighted by Crippen LogP contribution is 2.18. The molecule has 0 radical (unpaired) electrons. The van der Waals surface area contributed by atoms with Gasteiger partial charge in [-0.1, -0.05) is 5.16 Å². The minimum Gasteiger partial charge on any atom is -0.411 e. The van der Waals surface area contributed by atoms with Gasteiger partial charge in [0.15, 0.2) is 5.65 Å². The standard InChI is InChI=1S/C11H14N6O2/c1-7-12-9(6-10-13-14-11(18)17(7)10)16-4-2-8(15-19)3-5-16/h6,19H,2-5H2,1H3,(H,14,18). The van der Waals surface area contributed by atoms with Crippen LogP contribution in [0.25, 0.3) is 5.65 Å². The first-order valence-electron chi connectivity index (χ1n) is 6.08. The maximum Gasteiger partial charge on any atom is 0.349 e. The van der Waals surface area contributed by atoms with E-state index in [2.05, 4.69) is 25.2 Å². The van der Waals surface area contributed by atoms with Gasteiger partial charge in [-0.2, -0.15) is 5.10 Å². The summed E-state index contributed by atoms with van der Waals surface area (Å²) in [5.41, 5.74) is 1.10. The molecule has 8 nitrogen and oxygen atoms in total. The second kappa shape index (κ2) is 4.38. The van der Waals surface area contributed by atoms with Crippen molar-refractivity contribution in [2.45, 2.75) is 19.8 Å². The Morgan fingerprint density at radius 3 is 2.84 bits per heavy atom. The number of nitrogens with zero attached hydrogens (tertiary/aromatic N) is 5. The fourth-order valence-electron chi connectivity index (χ4n) is 2.34. The van der Waals surface area contributed by atoms with Gasteiger partial charge >= 0.3 is 5.69 Å². The van der Waals surface area contributed by atoms with Crippen molar-refractivity contribution in [2.75, 3.05) is 18.0 Å². The van der Waals surface area contributed by atoms with Gasteiger partial charge in [-0.05, 0) is 6.92 Å². The summed E-state index contributed by atoms with van der Waals surface area (Å²) < 4.78 is 1.44. The summed E-state index contributed by atoms with van der Waals surface area (Å²) >= 11 is 0. The summed E-state index contributed by atoms with van der Waals surface area (Å²) in [4.78, 5) is 18.1. The van der Waals surface area contributed by atoms with E-state index in [0.29, 0.717) is 11.5 Å². The molecule has 0 atom stereocenters. The van der Waals surface area contributed by atoms with Gasteiger partial charge in [0, 0.05) is 32.0 Å². The highest BCUT2D eigenvalue weighted by atomic mass is 16.4. The second-order valence-electron chi connectivity index (χ2n) is 4.54. The maximum absolute atomic E-state index is 11.5. The van der Waals surface area contributed by atoms with Gasteiger partial charge in [0.05, 0.1) is 5.71 Å². The van der Waals surface area contributed by atoms with Crippen molar-refractivity contribution in [3.8, 4) is 0 Å². The van der Waals surface area contributed by atoms with Gasteiger partial charge in [0.1, 0.15) is 11.6 Å². The van der Waals surface area contributed by atoms with Crippen molar-refractivity contribution in [1.29, 1.82) is 0 Å². The summed E-state index contributed by atoms with van der Waals surface area (Å²) in [6, 6.07) is 1.78. The number of aromatic amines is 1. The summed E-state index contributed by atoms with van der Waals surface area (Å²) in [7, 11) is 0. The third kappa shape index (κ3) is 1.94. The zero-order chi connectivity index (χ0) is 13.4. The largest absolute Gasteiger partial charge is 0.411 e. The van der Waals surface area contributed by atoms with E-state index in [0.717, 1.165) is 37.5 Å². The number of hydrogen-bond acceptors (Lipinski definition) is 6. The number of H-pyrrole nitrogens is 1. The average Bonchev–Trinajstić information content (AvgIpc) is 2.81. The predicted octanol–water partition coefficient (Wildman–Crippen LogP) is 0.156. The molecular weight excluding hydrogens is 248 g/mol. The summed E-state index contributed by atoms with van der Waals surface area (Å²) in [5.74, 6) is 1.40. The Morgan fingerprint density at radius 2 is 2.16 bits per heavy atom. The lowest BCUT2D eigenvalue weighted by Gasteiger charge is -2.28. The molecule has 3 heterocycles. The lowest BCUT2D eigenvalue weighted by molar-refractivity contribution is 0.315. The van der Waals surface area contributed by atoms with Crippen molar-refractivity contribution < 1.29 is 5.21 Å². The predicted molar refractivity (Wildman–Crippen MR) is 69.0 cm³/mol. The second-order valence-corrected chi connectivity index (χ2v) is 4.54. The quantitative estimate of drug-likeness (QED) is 0.563. The Kier molecular flexibility index (Phi) is 2.69. The maximum atomic E-state index is 11.5. The molecule has 100 valence electrons. The monoisotopic (exact) mass is 262 g/mol. The van der Waals surface area contributed by atoms with E-state index in [1.165, 1.54) is 4.40 Å². The lowest BCUT2D eigenvalue weighted by Crippen LogP contribution is -2.34. The highest BCUT2D eigenvalue weighted by molar-refractivity contribution is 5.86. The van der Waals surface area contributed by atoms with Crippen LogP contribution in [0.4, 0.5) is 5.82 Å². The molecule has 0 bridgehead atoms. The number of oxime groups is 1. The number of aromatic nitrogens is 4. The normalized spacial score (nSPS) is 16.1. The van der Waals surface area contributed by atoms with Crippen molar-refractivity contribution in [3.63, 3.8) is 0 Å². The molecule has 1 saturated heterocycles. The molecule has 0 aliphatic carbocycles. The van der Waals surface area contributed by atoms with E-state index in [4.69, 9.17) is 5.21 Å². The smallest absolute Gasteiger partial charge is 0.349 e. The SMILES string of the molecule is Cc1nc(N2CCC(=NO)CC2)cc2n[nH]c(=O)n12. The minimum atomic E-state index is -0.278. The van der Waals surface area contributed by atoms with Gasteiger partial charge in [-0.3, -0.25) is 0 Å². The van der Waals surface area contributed by atoms with E-state index in [9.17, 15) is 4.79 Å². The number of fused-ring (bicyclic) bond motifs is 1. The van der Waals surface area contributed by atoms with E-state index in [1.54, 1.807) is 13.0 Å². The van der Waals surface area contributed by atoms with Gasteiger partial charge in [-0.25, -0.2) is 19.3 Å². The molecule has 1 aliphatic heterocycles. The fourth-order valence-corrected chi connectivity index (χ4v) is 2.34. The summed E-state index contributed by atoms with van der Waals surface area (Å²) in [6.45, 7) is 3.27. The molecule has 2 N–H and O–H groups in total. The van der Waals surface area contributed by atoms with E-state index < -0.39 is 0 Å². The summed E-state index contributed by atoms with van der Waals surface area (Å²) in [5, 5.41) is 18.4. The van der Waals surface area contributed by atoms with E-state index >= 15 is 0 Å². The molecule has 19 heavy (non-hydrogen) atoms. The number of aryl methyl sites for hydroxylation is 1. The number of nitrogens with one attached hydrogen (secondary N) is 1. The van der Waals surface area contributed by atoms with E-state index in [-0.39, 0.29) is 5.69 Å². The van der Waals surface area contributed by atoms with Crippen molar-refractivity contribution in [2.24, 2.45) is 5.16 Å². The van der Waals surface area contributed by atoms with Gasteiger partial charge in [0.25, 0.3) is 0 Å². The van der Waals surface area contributed by atoms with Crippen LogP contribution in [0.5, 0.6) is 0 Å².